The molecule has 4 rings (SSSR count). The molecule has 1 unspecified atom stereocenters. The summed E-state index contributed by atoms with van der Waals surface area (Å²) in [4.78, 5) is 44.6. The quantitative estimate of drug-likeness (QED) is 0.129. The highest BCUT2D eigenvalue weighted by Crippen LogP contribution is 2.29. The van der Waals surface area contributed by atoms with E-state index in [1.54, 1.807) is 13.1 Å². The largest absolute Gasteiger partial charge is 0.466 e. The van der Waals surface area contributed by atoms with E-state index < -0.39 is 12.0 Å². The van der Waals surface area contributed by atoms with Crippen LogP contribution in [0.5, 0.6) is 0 Å². The average molecular weight is 558 g/mol. The van der Waals surface area contributed by atoms with Crippen molar-refractivity contribution >= 4 is 34.5 Å². The fraction of sp³-hybridized carbons (Fsp3) is 0.312. The van der Waals surface area contributed by atoms with Gasteiger partial charge in [-0.05, 0) is 48.1 Å². The second-order valence-electron chi connectivity index (χ2n) is 9.02. The number of carbonyl (C=O) groups is 3. The topological polar surface area (TPSA) is 125 Å². The minimum atomic E-state index is -0.591. The van der Waals surface area contributed by atoms with E-state index in [1.807, 2.05) is 86.8 Å². The van der Waals surface area contributed by atoms with Crippen LogP contribution in [-0.2, 0) is 19.1 Å². The molecule has 0 aliphatic carbocycles. The third-order valence-corrected chi connectivity index (χ3v) is 6.22. The number of rotatable bonds is 13. The van der Waals surface area contributed by atoms with Crippen molar-refractivity contribution in [1.29, 1.82) is 0 Å². The lowest BCUT2D eigenvalue weighted by atomic mass is 9.98. The molecule has 0 aliphatic rings. The van der Waals surface area contributed by atoms with Gasteiger partial charge in [0.15, 0.2) is 0 Å². The van der Waals surface area contributed by atoms with Gasteiger partial charge in [-0.3, -0.25) is 14.4 Å². The lowest BCUT2D eigenvalue weighted by Gasteiger charge is -2.19. The first-order valence-electron chi connectivity index (χ1n) is 14.1. The molecule has 4 aromatic rings. The molecule has 0 saturated heterocycles. The summed E-state index contributed by atoms with van der Waals surface area (Å²) in [6, 6.07) is 20.8. The maximum absolute atomic E-state index is 12.7. The number of pyridine rings is 1. The van der Waals surface area contributed by atoms with Gasteiger partial charge in [-0.2, -0.15) is 0 Å². The van der Waals surface area contributed by atoms with E-state index >= 15 is 0 Å². The number of esters is 1. The number of hydrogen-bond acceptors (Lipinski definition) is 6. The van der Waals surface area contributed by atoms with Crippen molar-refractivity contribution in [3.63, 3.8) is 0 Å². The molecular formula is C32H39N5O4. The molecule has 2 heterocycles. The molecule has 0 aliphatic heterocycles. The van der Waals surface area contributed by atoms with Crippen LogP contribution in [0.3, 0.4) is 0 Å². The third kappa shape index (κ3) is 9.49. The number of hydrogen-bond donors (Lipinski definition) is 4. The standard InChI is InChI=1S/C30H33N5O4.C2H6/c1-2-39-29(38)19-25(22-13-11-21(12-14-22)24-8-5-7-23-15-18-33-30(23)24)35-28(37)20-34-27(36)10-6-17-32-26-9-3-4-16-31-26;1-2/h3-5,7-9,11-16,18,25,33H,2,6,10,17,19-20H2,1H3,(H,31,32)(H,34,36)(H,35,37);1-2H3. The third-order valence-electron chi connectivity index (χ3n) is 6.22. The number of para-hydroxylation sites is 1. The number of aromatic nitrogens is 2. The van der Waals surface area contributed by atoms with Gasteiger partial charge in [0.25, 0.3) is 0 Å². The van der Waals surface area contributed by atoms with Crippen molar-refractivity contribution in [2.45, 2.75) is 46.1 Å². The zero-order chi connectivity index (χ0) is 29.5. The number of ether oxygens (including phenoxy) is 1. The first-order valence-corrected chi connectivity index (χ1v) is 14.1. The van der Waals surface area contributed by atoms with E-state index in [1.165, 1.54) is 0 Å². The maximum Gasteiger partial charge on any atom is 0.308 e. The van der Waals surface area contributed by atoms with E-state index in [4.69, 9.17) is 4.74 Å². The Morgan fingerprint density at radius 2 is 1.76 bits per heavy atom. The number of nitrogens with one attached hydrogen (secondary N) is 4. The van der Waals surface area contributed by atoms with Gasteiger partial charge in [-0.25, -0.2) is 4.98 Å². The molecule has 2 aromatic carbocycles. The van der Waals surface area contributed by atoms with E-state index in [-0.39, 0.29) is 37.8 Å². The number of anilines is 1. The highest BCUT2D eigenvalue weighted by Gasteiger charge is 2.20. The molecule has 1 atom stereocenters. The van der Waals surface area contributed by atoms with Crippen molar-refractivity contribution in [2.75, 3.05) is 25.0 Å². The summed E-state index contributed by atoms with van der Waals surface area (Å²) >= 11 is 0. The van der Waals surface area contributed by atoms with Crippen LogP contribution in [0.15, 0.2) is 79.1 Å². The molecule has 41 heavy (non-hydrogen) atoms. The van der Waals surface area contributed by atoms with Gasteiger partial charge in [-0.1, -0.05) is 62.4 Å². The van der Waals surface area contributed by atoms with E-state index in [0.29, 0.717) is 13.0 Å². The predicted octanol–water partition coefficient (Wildman–Crippen LogP) is 5.38. The minimum Gasteiger partial charge on any atom is -0.466 e. The number of nitrogens with zero attached hydrogens (tertiary/aromatic N) is 1. The van der Waals surface area contributed by atoms with E-state index in [9.17, 15) is 14.4 Å². The molecule has 9 nitrogen and oxygen atoms in total. The van der Waals surface area contributed by atoms with Crippen molar-refractivity contribution in [2.24, 2.45) is 0 Å². The highest BCUT2D eigenvalue weighted by molar-refractivity contribution is 5.94. The molecule has 0 radical (unpaired) electrons. The van der Waals surface area contributed by atoms with Crippen LogP contribution in [0, 0.1) is 0 Å². The molecule has 9 heteroatoms. The molecule has 0 bridgehead atoms. The Balaban J connectivity index is 0.00000226. The summed E-state index contributed by atoms with van der Waals surface area (Å²) in [7, 11) is 0. The SMILES string of the molecule is CC.CCOC(=O)CC(NC(=O)CNC(=O)CCCNc1ccccn1)c1ccc(-c2cccc3cc[nH]c23)cc1. The van der Waals surface area contributed by atoms with Crippen molar-refractivity contribution < 1.29 is 19.1 Å². The molecule has 0 saturated carbocycles. The Morgan fingerprint density at radius 1 is 0.951 bits per heavy atom. The van der Waals surface area contributed by atoms with Crippen molar-refractivity contribution in [3.05, 3.63) is 84.7 Å². The van der Waals surface area contributed by atoms with Crippen molar-refractivity contribution in [1.82, 2.24) is 20.6 Å². The Labute approximate surface area is 241 Å². The second kappa shape index (κ2) is 16.4. The summed E-state index contributed by atoms with van der Waals surface area (Å²) in [6.45, 7) is 6.40. The predicted molar refractivity (Wildman–Crippen MR) is 162 cm³/mol. The van der Waals surface area contributed by atoms with Gasteiger partial charge in [-0.15, -0.1) is 0 Å². The van der Waals surface area contributed by atoms with Crippen LogP contribution in [0.2, 0.25) is 0 Å². The van der Waals surface area contributed by atoms with Crippen LogP contribution in [0.4, 0.5) is 5.82 Å². The zero-order valence-electron chi connectivity index (χ0n) is 23.9. The summed E-state index contributed by atoms with van der Waals surface area (Å²) in [6.07, 6.45) is 4.46. The Morgan fingerprint density at radius 3 is 2.49 bits per heavy atom. The van der Waals surface area contributed by atoms with Gasteiger partial charge in [0.05, 0.1) is 31.1 Å². The van der Waals surface area contributed by atoms with Crippen LogP contribution in [-0.4, -0.2) is 47.4 Å². The number of aromatic amines is 1. The average Bonchev–Trinajstić information content (AvgIpc) is 3.49. The molecule has 0 spiro atoms. The fourth-order valence-corrected chi connectivity index (χ4v) is 4.30. The molecule has 2 amide bonds. The van der Waals surface area contributed by atoms with Gasteiger partial charge in [0.1, 0.15) is 5.82 Å². The maximum atomic E-state index is 12.7. The highest BCUT2D eigenvalue weighted by atomic mass is 16.5. The van der Waals surface area contributed by atoms with E-state index in [0.717, 1.165) is 33.4 Å². The van der Waals surface area contributed by atoms with Crippen LogP contribution in [0.25, 0.3) is 22.0 Å². The number of fused-ring (bicyclic) bond motifs is 1. The number of amides is 2. The zero-order valence-corrected chi connectivity index (χ0v) is 23.9. The van der Waals surface area contributed by atoms with Crippen LogP contribution < -0.4 is 16.0 Å². The lowest BCUT2D eigenvalue weighted by molar-refractivity contribution is -0.144. The van der Waals surface area contributed by atoms with Gasteiger partial charge < -0.3 is 25.7 Å². The number of benzene rings is 2. The monoisotopic (exact) mass is 557 g/mol. The van der Waals surface area contributed by atoms with Gasteiger partial charge >= 0.3 is 5.97 Å². The van der Waals surface area contributed by atoms with Crippen LogP contribution in [0.1, 0.15) is 51.6 Å². The first kappa shape index (κ1) is 30.9. The van der Waals surface area contributed by atoms with E-state index in [2.05, 4.69) is 25.9 Å². The van der Waals surface area contributed by atoms with Gasteiger partial charge in [0, 0.05) is 30.9 Å². The summed E-state index contributed by atoms with van der Waals surface area (Å²) in [5.74, 6) is -0.269. The lowest BCUT2D eigenvalue weighted by Crippen LogP contribution is -2.39. The molecular weight excluding hydrogens is 518 g/mol. The first-order chi connectivity index (χ1) is 20.0. The van der Waals surface area contributed by atoms with Gasteiger partial charge in [0.2, 0.25) is 11.8 Å². The normalized spacial score (nSPS) is 11.1. The van der Waals surface area contributed by atoms with Crippen molar-refractivity contribution in [3.8, 4) is 11.1 Å². The molecule has 4 N–H and O–H groups in total. The number of carbonyl (C=O) groups excluding carboxylic acids is 3. The summed E-state index contributed by atoms with van der Waals surface area (Å²) in [5.41, 5.74) is 3.89. The number of H-pyrrole nitrogens is 1. The minimum absolute atomic E-state index is 0.0156. The Hall–Kier alpha value is -4.66. The van der Waals surface area contributed by atoms with Crippen LogP contribution >= 0.6 is 0 Å². The molecule has 0 fully saturated rings. The Kier molecular flexibility index (Phi) is 12.4. The molecule has 216 valence electrons. The smallest absolute Gasteiger partial charge is 0.308 e. The summed E-state index contributed by atoms with van der Waals surface area (Å²) in [5, 5.41) is 9.78. The summed E-state index contributed by atoms with van der Waals surface area (Å²) < 4.78 is 5.12. The Bertz CT molecular complexity index is 1390. The fourth-order valence-electron chi connectivity index (χ4n) is 4.30. The second-order valence-corrected chi connectivity index (χ2v) is 9.02. The molecule has 2 aromatic heterocycles.